The summed E-state index contributed by atoms with van der Waals surface area (Å²) in [5.41, 5.74) is 0.550. The van der Waals surface area contributed by atoms with E-state index in [0.29, 0.717) is 17.4 Å². The maximum atomic E-state index is 13.3. The average molecular weight is 397 g/mol. The molecule has 3 rings (SSSR count). The summed E-state index contributed by atoms with van der Waals surface area (Å²) in [5, 5.41) is 9.30. The fourth-order valence-corrected chi connectivity index (χ4v) is 5.10. The van der Waals surface area contributed by atoms with Gasteiger partial charge in [0.15, 0.2) is 0 Å². The van der Waals surface area contributed by atoms with E-state index in [1.165, 1.54) is 17.0 Å². The lowest BCUT2D eigenvalue weighted by molar-refractivity contribution is 0.285. The first-order valence-corrected chi connectivity index (χ1v) is 10.3. The SMILES string of the molecule is OCc1ccc(CCC[C@H]2C(Cl)CC[C@@H]2/C=C\c2cc(F)cc(F)c2)s1. The number of aryl methyl sites for hydroxylation is 1. The van der Waals surface area contributed by atoms with Crippen LogP contribution in [0.15, 0.2) is 36.4 Å². The van der Waals surface area contributed by atoms with Crippen molar-refractivity contribution in [2.75, 3.05) is 0 Å². The molecular weight excluding hydrogens is 374 g/mol. The minimum atomic E-state index is -0.555. The van der Waals surface area contributed by atoms with Crippen molar-refractivity contribution in [3.05, 3.63) is 63.4 Å². The Bertz CT molecular complexity index is 738. The fraction of sp³-hybridized carbons (Fsp3) is 0.429. The van der Waals surface area contributed by atoms with Gasteiger partial charge in [0, 0.05) is 21.2 Å². The van der Waals surface area contributed by atoms with E-state index in [2.05, 4.69) is 12.1 Å². The Hall–Kier alpha value is -1.23. The molecule has 140 valence electrons. The Morgan fingerprint density at radius 3 is 2.54 bits per heavy atom. The van der Waals surface area contributed by atoms with Crippen LogP contribution in [0.5, 0.6) is 0 Å². The largest absolute Gasteiger partial charge is 0.391 e. The molecule has 1 aromatic carbocycles. The highest BCUT2D eigenvalue weighted by Crippen LogP contribution is 2.40. The number of alkyl halides is 1. The lowest BCUT2D eigenvalue weighted by Crippen LogP contribution is -2.14. The van der Waals surface area contributed by atoms with Crippen LogP contribution >= 0.6 is 22.9 Å². The third kappa shape index (κ3) is 5.15. The van der Waals surface area contributed by atoms with Gasteiger partial charge in [-0.15, -0.1) is 22.9 Å². The van der Waals surface area contributed by atoms with Crippen molar-refractivity contribution in [2.45, 2.75) is 44.1 Å². The Morgan fingerprint density at radius 1 is 1.12 bits per heavy atom. The van der Waals surface area contributed by atoms with Crippen molar-refractivity contribution in [3.63, 3.8) is 0 Å². The molecule has 1 saturated carbocycles. The summed E-state index contributed by atoms with van der Waals surface area (Å²) in [6, 6.07) is 7.63. The molecule has 1 N–H and O–H groups in total. The number of hydrogen-bond acceptors (Lipinski definition) is 2. The van der Waals surface area contributed by atoms with Crippen LogP contribution in [-0.4, -0.2) is 10.5 Å². The lowest BCUT2D eigenvalue weighted by Gasteiger charge is -2.19. The maximum Gasteiger partial charge on any atom is 0.126 e. The third-order valence-corrected chi connectivity index (χ3v) is 6.72. The number of rotatable bonds is 7. The molecule has 1 nitrogen and oxygen atoms in total. The fourth-order valence-electron chi connectivity index (χ4n) is 3.74. The van der Waals surface area contributed by atoms with Crippen molar-refractivity contribution in [1.29, 1.82) is 0 Å². The van der Waals surface area contributed by atoms with Gasteiger partial charge in [0.2, 0.25) is 0 Å². The number of allylic oxidation sites excluding steroid dienone is 1. The number of hydrogen-bond donors (Lipinski definition) is 1. The normalized spacial score (nSPS) is 23.2. The van der Waals surface area contributed by atoms with Crippen LogP contribution in [0, 0.1) is 23.5 Å². The molecule has 1 unspecified atom stereocenters. The summed E-state index contributed by atoms with van der Waals surface area (Å²) in [6.07, 6.45) is 8.95. The summed E-state index contributed by atoms with van der Waals surface area (Å²) in [6.45, 7) is 0.102. The smallest absolute Gasteiger partial charge is 0.126 e. The summed E-state index contributed by atoms with van der Waals surface area (Å²) in [7, 11) is 0. The van der Waals surface area contributed by atoms with Gasteiger partial charge in [-0.3, -0.25) is 0 Å². The molecule has 0 spiro atoms. The molecule has 0 saturated heterocycles. The Kier molecular flexibility index (Phi) is 6.85. The van der Waals surface area contributed by atoms with Crippen LogP contribution in [0.2, 0.25) is 0 Å². The second-order valence-electron chi connectivity index (χ2n) is 6.90. The molecule has 0 radical (unpaired) electrons. The summed E-state index contributed by atoms with van der Waals surface area (Å²) in [4.78, 5) is 2.29. The van der Waals surface area contributed by atoms with E-state index in [1.807, 2.05) is 12.1 Å². The van der Waals surface area contributed by atoms with E-state index >= 15 is 0 Å². The minimum absolute atomic E-state index is 0.102. The van der Waals surface area contributed by atoms with Gasteiger partial charge in [0.25, 0.3) is 0 Å². The second-order valence-corrected chi connectivity index (χ2v) is 8.71. The zero-order valence-corrected chi connectivity index (χ0v) is 16.1. The zero-order valence-electron chi connectivity index (χ0n) is 14.5. The molecule has 2 aromatic rings. The standard InChI is InChI=1S/C21H23ClF2OS/c22-21-9-6-15(5-4-14-10-16(23)12-17(24)11-14)20(21)3-1-2-18-7-8-19(13-25)26-18/h4-5,7-8,10-12,15,20-21,25H,1-3,6,9,13H2/b5-4-/t15-,20+,21?/m0/s1. The van der Waals surface area contributed by atoms with Crippen LogP contribution in [0.3, 0.4) is 0 Å². The summed E-state index contributed by atoms with van der Waals surface area (Å²) >= 11 is 8.19. The lowest BCUT2D eigenvalue weighted by atomic mass is 9.90. The van der Waals surface area contributed by atoms with Gasteiger partial charge in [-0.1, -0.05) is 12.2 Å². The van der Waals surface area contributed by atoms with Gasteiger partial charge in [-0.2, -0.15) is 0 Å². The highest BCUT2D eigenvalue weighted by Gasteiger charge is 2.32. The quantitative estimate of drug-likeness (QED) is 0.553. The summed E-state index contributed by atoms with van der Waals surface area (Å²) in [5.74, 6) is -0.370. The molecule has 5 heteroatoms. The Labute approximate surface area is 162 Å². The predicted octanol–water partition coefficient (Wildman–Crippen LogP) is 6.19. The van der Waals surface area contributed by atoms with Crippen molar-refractivity contribution in [1.82, 2.24) is 0 Å². The first-order valence-electron chi connectivity index (χ1n) is 9.02. The van der Waals surface area contributed by atoms with Crippen molar-refractivity contribution >= 4 is 29.0 Å². The molecule has 1 aliphatic carbocycles. The van der Waals surface area contributed by atoms with E-state index in [0.717, 1.165) is 43.0 Å². The van der Waals surface area contributed by atoms with Crippen molar-refractivity contribution < 1.29 is 13.9 Å². The zero-order chi connectivity index (χ0) is 18.5. The Morgan fingerprint density at radius 2 is 1.85 bits per heavy atom. The molecule has 26 heavy (non-hydrogen) atoms. The third-order valence-electron chi connectivity index (χ3n) is 5.04. The topological polar surface area (TPSA) is 20.2 Å². The Balaban J connectivity index is 1.57. The second kappa shape index (κ2) is 9.12. The van der Waals surface area contributed by atoms with Crippen LogP contribution in [0.25, 0.3) is 6.08 Å². The monoisotopic (exact) mass is 396 g/mol. The summed E-state index contributed by atoms with van der Waals surface area (Å²) < 4.78 is 26.6. The molecular formula is C21H23ClF2OS. The highest BCUT2D eigenvalue weighted by molar-refractivity contribution is 7.11. The molecule has 0 bridgehead atoms. The molecule has 1 aromatic heterocycles. The van der Waals surface area contributed by atoms with E-state index in [4.69, 9.17) is 16.7 Å². The molecule has 1 heterocycles. The number of aliphatic hydroxyl groups excluding tert-OH is 1. The van der Waals surface area contributed by atoms with Crippen LogP contribution in [0.4, 0.5) is 8.78 Å². The molecule has 1 aliphatic rings. The van der Waals surface area contributed by atoms with E-state index in [-0.39, 0.29) is 12.0 Å². The predicted molar refractivity (Wildman–Crippen MR) is 104 cm³/mol. The van der Waals surface area contributed by atoms with Crippen LogP contribution in [-0.2, 0) is 13.0 Å². The number of thiophene rings is 1. The van der Waals surface area contributed by atoms with Crippen LogP contribution < -0.4 is 0 Å². The van der Waals surface area contributed by atoms with Gasteiger partial charge >= 0.3 is 0 Å². The first kappa shape index (κ1) is 19.5. The average Bonchev–Trinajstić information content (AvgIpc) is 3.20. The number of halogens is 3. The van der Waals surface area contributed by atoms with Crippen molar-refractivity contribution in [3.8, 4) is 0 Å². The van der Waals surface area contributed by atoms with E-state index in [9.17, 15) is 8.78 Å². The van der Waals surface area contributed by atoms with Crippen molar-refractivity contribution in [2.24, 2.45) is 11.8 Å². The van der Waals surface area contributed by atoms with E-state index in [1.54, 1.807) is 11.3 Å². The van der Waals surface area contributed by atoms with Gasteiger partial charge in [-0.05, 0) is 73.8 Å². The molecule has 1 fully saturated rings. The molecule has 0 amide bonds. The van der Waals surface area contributed by atoms with Gasteiger partial charge < -0.3 is 5.11 Å². The van der Waals surface area contributed by atoms with Gasteiger partial charge in [0.1, 0.15) is 11.6 Å². The molecule has 0 aliphatic heterocycles. The number of benzene rings is 1. The molecule has 3 atom stereocenters. The van der Waals surface area contributed by atoms with Gasteiger partial charge in [0.05, 0.1) is 6.61 Å². The first-order chi connectivity index (χ1) is 12.5. The van der Waals surface area contributed by atoms with Gasteiger partial charge in [-0.25, -0.2) is 8.78 Å². The highest BCUT2D eigenvalue weighted by atomic mass is 35.5. The minimum Gasteiger partial charge on any atom is -0.391 e. The van der Waals surface area contributed by atoms with Crippen LogP contribution in [0.1, 0.15) is 41.0 Å². The maximum absolute atomic E-state index is 13.3. The van der Waals surface area contributed by atoms with E-state index < -0.39 is 11.6 Å². The number of aliphatic hydroxyl groups is 1.